The van der Waals surface area contributed by atoms with Crippen molar-refractivity contribution in [3.8, 4) is 0 Å². The van der Waals surface area contributed by atoms with Crippen LogP contribution in [0.1, 0.15) is 32.8 Å². The number of thioether (sulfide) groups is 1. The molecule has 0 fully saturated rings. The standard InChI is InChI=1S/C24H29N3O2S/c1-17(2)18(3)25-22(28)16-30-24-26-21-14-8-7-13-20(21)23(29)27(24)15-9-12-19-10-5-4-6-11-19/h4-8,10-11,13-14,17-18H,9,12,15-16H2,1-3H3,(H,25,28). The second kappa shape index (κ2) is 10.4. The van der Waals surface area contributed by atoms with Gasteiger partial charge in [0.2, 0.25) is 5.91 Å². The number of hydrogen-bond donors (Lipinski definition) is 1. The Balaban J connectivity index is 1.78. The largest absolute Gasteiger partial charge is 0.353 e. The highest BCUT2D eigenvalue weighted by Gasteiger charge is 2.15. The number of nitrogens with zero attached hydrogens (tertiary/aromatic N) is 2. The SMILES string of the molecule is CC(C)C(C)NC(=O)CSc1nc2ccccc2c(=O)n1CCCc1ccccc1. The molecular weight excluding hydrogens is 394 g/mol. The zero-order chi connectivity index (χ0) is 21.5. The van der Waals surface area contributed by atoms with E-state index in [9.17, 15) is 9.59 Å². The van der Waals surface area contributed by atoms with Gasteiger partial charge in [-0.3, -0.25) is 14.2 Å². The third-order valence-electron chi connectivity index (χ3n) is 5.24. The third-order valence-corrected chi connectivity index (χ3v) is 6.21. The number of fused-ring (bicyclic) bond motifs is 1. The molecule has 0 saturated carbocycles. The first-order valence-electron chi connectivity index (χ1n) is 10.4. The molecule has 1 aromatic heterocycles. The molecule has 1 N–H and O–H groups in total. The quantitative estimate of drug-likeness (QED) is 0.412. The van der Waals surface area contributed by atoms with Crippen molar-refractivity contribution in [1.82, 2.24) is 14.9 Å². The van der Waals surface area contributed by atoms with Gasteiger partial charge in [-0.1, -0.05) is 68.1 Å². The molecule has 0 aliphatic rings. The van der Waals surface area contributed by atoms with Crippen molar-refractivity contribution in [3.63, 3.8) is 0 Å². The molecule has 30 heavy (non-hydrogen) atoms. The molecule has 0 radical (unpaired) electrons. The predicted molar refractivity (Wildman–Crippen MR) is 124 cm³/mol. The van der Waals surface area contributed by atoms with E-state index in [-0.39, 0.29) is 23.3 Å². The molecule has 6 heteroatoms. The minimum atomic E-state index is -0.0490. The van der Waals surface area contributed by atoms with Gasteiger partial charge < -0.3 is 5.32 Å². The van der Waals surface area contributed by atoms with Crippen molar-refractivity contribution in [2.24, 2.45) is 5.92 Å². The number of rotatable bonds is 9. The van der Waals surface area contributed by atoms with E-state index >= 15 is 0 Å². The lowest BCUT2D eigenvalue weighted by molar-refractivity contribution is -0.119. The van der Waals surface area contributed by atoms with Gasteiger partial charge in [-0.2, -0.15) is 0 Å². The van der Waals surface area contributed by atoms with Crippen molar-refractivity contribution in [1.29, 1.82) is 0 Å². The highest BCUT2D eigenvalue weighted by atomic mass is 32.2. The molecule has 1 heterocycles. The van der Waals surface area contributed by atoms with E-state index in [4.69, 9.17) is 4.98 Å². The van der Waals surface area contributed by atoms with Crippen LogP contribution in [-0.2, 0) is 17.8 Å². The Morgan fingerprint density at radius 3 is 2.50 bits per heavy atom. The molecule has 2 aromatic carbocycles. The van der Waals surface area contributed by atoms with Crippen LogP contribution in [0.2, 0.25) is 0 Å². The van der Waals surface area contributed by atoms with Crippen LogP contribution < -0.4 is 10.9 Å². The Morgan fingerprint density at radius 2 is 1.77 bits per heavy atom. The van der Waals surface area contributed by atoms with Gasteiger partial charge in [0.1, 0.15) is 0 Å². The summed E-state index contributed by atoms with van der Waals surface area (Å²) in [4.78, 5) is 30.1. The number of amides is 1. The second-order valence-corrected chi connectivity index (χ2v) is 8.79. The summed E-state index contributed by atoms with van der Waals surface area (Å²) in [6.07, 6.45) is 1.71. The van der Waals surface area contributed by atoms with Crippen LogP contribution in [0.4, 0.5) is 0 Å². The van der Waals surface area contributed by atoms with Crippen LogP contribution >= 0.6 is 11.8 Å². The number of aromatic nitrogens is 2. The fourth-order valence-electron chi connectivity index (χ4n) is 3.13. The Hall–Kier alpha value is -2.60. The average molecular weight is 424 g/mol. The van der Waals surface area contributed by atoms with Gasteiger partial charge in [0, 0.05) is 12.6 Å². The summed E-state index contributed by atoms with van der Waals surface area (Å²) in [5.74, 6) is 0.564. The van der Waals surface area contributed by atoms with Crippen molar-refractivity contribution >= 4 is 28.6 Å². The Bertz CT molecular complexity index is 1050. The van der Waals surface area contributed by atoms with Gasteiger partial charge >= 0.3 is 0 Å². The molecule has 5 nitrogen and oxygen atoms in total. The van der Waals surface area contributed by atoms with E-state index in [1.807, 2.05) is 49.4 Å². The number of carbonyl (C=O) groups is 1. The number of hydrogen-bond acceptors (Lipinski definition) is 4. The molecule has 0 aliphatic carbocycles. The fourth-order valence-corrected chi connectivity index (χ4v) is 3.97. The fraction of sp³-hybridized carbons (Fsp3) is 0.375. The van der Waals surface area contributed by atoms with Gasteiger partial charge in [0.25, 0.3) is 5.56 Å². The van der Waals surface area contributed by atoms with Gasteiger partial charge in [-0.05, 0) is 43.4 Å². The maximum atomic E-state index is 13.1. The monoisotopic (exact) mass is 423 g/mol. The molecule has 1 unspecified atom stereocenters. The Labute approximate surface area is 181 Å². The lowest BCUT2D eigenvalue weighted by Crippen LogP contribution is -2.37. The molecule has 0 aliphatic heterocycles. The molecule has 0 spiro atoms. The number of para-hydroxylation sites is 1. The highest BCUT2D eigenvalue weighted by Crippen LogP contribution is 2.18. The average Bonchev–Trinajstić information content (AvgIpc) is 2.74. The number of aryl methyl sites for hydroxylation is 1. The van der Waals surface area contributed by atoms with E-state index in [2.05, 4.69) is 31.3 Å². The lowest BCUT2D eigenvalue weighted by Gasteiger charge is -2.17. The topological polar surface area (TPSA) is 64.0 Å². The summed E-state index contributed by atoms with van der Waals surface area (Å²) >= 11 is 1.32. The third kappa shape index (κ3) is 5.72. The first-order chi connectivity index (χ1) is 14.5. The summed E-state index contributed by atoms with van der Waals surface area (Å²) in [5.41, 5.74) is 1.86. The van der Waals surface area contributed by atoms with Gasteiger partial charge in [-0.25, -0.2) is 4.98 Å². The summed E-state index contributed by atoms with van der Waals surface area (Å²) in [7, 11) is 0. The molecule has 3 aromatic rings. The van der Waals surface area contributed by atoms with E-state index in [0.717, 1.165) is 12.8 Å². The summed E-state index contributed by atoms with van der Waals surface area (Å²) < 4.78 is 1.72. The lowest BCUT2D eigenvalue weighted by atomic mass is 10.1. The maximum Gasteiger partial charge on any atom is 0.262 e. The zero-order valence-electron chi connectivity index (χ0n) is 17.8. The number of carbonyl (C=O) groups excluding carboxylic acids is 1. The van der Waals surface area contributed by atoms with Crippen molar-refractivity contribution < 1.29 is 4.79 Å². The van der Waals surface area contributed by atoms with E-state index in [1.54, 1.807) is 4.57 Å². The summed E-state index contributed by atoms with van der Waals surface area (Å²) in [6, 6.07) is 17.7. The van der Waals surface area contributed by atoms with Gasteiger partial charge in [0.15, 0.2) is 5.16 Å². The van der Waals surface area contributed by atoms with E-state index < -0.39 is 0 Å². The minimum Gasteiger partial charge on any atom is -0.353 e. The molecule has 0 saturated heterocycles. The minimum absolute atomic E-state index is 0.0422. The van der Waals surface area contributed by atoms with Crippen LogP contribution in [0.25, 0.3) is 10.9 Å². The second-order valence-electron chi connectivity index (χ2n) is 7.85. The van der Waals surface area contributed by atoms with Crippen molar-refractivity contribution in [3.05, 3.63) is 70.5 Å². The predicted octanol–water partition coefficient (Wildman–Crippen LogP) is 4.28. The molecule has 158 valence electrons. The molecular formula is C24H29N3O2S. The van der Waals surface area contributed by atoms with Gasteiger partial charge in [-0.15, -0.1) is 0 Å². The highest BCUT2D eigenvalue weighted by molar-refractivity contribution is 7.99. The molecule has 3 rings (SSSR count). The normalized spacial score (nSPS) is 12.3. The van der Waals surface area contributed by atoms with Crippen LogP contribution in [0.15, 0.2) is 64.5 Å². The van der Waals surface area contributed by atoms with Crippen molar-refractivity contribution in [2.45, 2.75) is 51.4 Å². The van der Waals surface area contributed by atoms with Crippen molar-refractivity contribution in [2.75, 3.05) is 5.75 Å². The molecule has 1 amide bonds. The van der Waals surface area contributed by atoms with Crippen LogP contribution in [0.5, 0.6) is 0 Å². The number of benzene rings is 2. The number of nitrogens with one attached hydrogen (secondary N) is 1. The first-order valence-corrected chi connectivity index (χ1v) is 11.4. The zero-order valence-corrected chi connectivity index (χ0v) is 18.6. The van der Waals surface area contributed by atoms with Gasteiger partial charge in [0.05, 0.1) is 16.7 Å². The molecule has 0 bridgehead atoms. The maximum absolute atomic E-state index is 13.1. The smallest absolute Gasteiger partial charge is 0.262 e. The van der Waals surface area contributed by atoms with E-state index in [1.165, 1.54) is 17.3 Å². The molecule has 1 atom stereocenters. The van der Waals surface area contributed by atoms with Crippen LogP contribution in [0.3, 0.4) is 0 Å². The first kappa shape index (κ1) is 22.1. The van der Waals surface area contributed by atoms with Crippen LogP contribution in [0, 0.1) is 5.92 Å². The Morgan fingerprint density at radius 1 is 1.07 bits per heavy atom. The Kier molecular flexibility index (Phi) is 7.69. The summed E-state index contributed by atoms with van der Waals surface area (Å²) in [5, 5.41) is 4.22. The van der Waals surface area contributed by atoms with E-state index in [0.29, 0.717) is 28.5 Å². The van der Waals surface area contributed by atoms with Crippen LogP contribution in [-0.4, -0.2) is 27.3 Å². The summed E-state index contributed by atoms with van der Waals surface area (Å²) in [6.45, 7) is 6.72.